The molecule has 2 unspecified atom stereocenters. The number of ether oxygens (including phenoxy) is 1. The number of halogens is 1. The van der Waals surface area contributed by atoms with Crippen molar-refractivity contribution in [1.82, 2.24) is 29.2 Å². The monoisotopic (exact) mass is 618 g/mol. The van der Waals surface area contributed by atoms with Crippen LogP contribution in [0.4, 0.5) is 4.79 Å². The van der Waals surface area contributed by atoms with Crippen LogP contribution in [0.3, 0.4) is 0 Å². The van der Waals surface area contributed by atoms with Gasteiger partial charge in [-0.1, -0.05) is 23.7 Å². The second-order valence-corrected chi connectivity index (χ2v) is 14.0. The third-order valence-electron chi connectivity index (χ3n) is 9.23. The Morgan fingerprint density at radius 2 is 1.84 bits per heavy atom. The fourth-order valence-corrected chi connectivity index (χ4v) is 7.26. The van der Waals surface area contributed by atoms with E-state index >= 15 is 0 Å². The second-order valence-electron chi connectivity index (χ2n) is 13.5. The highest BCUT2D eigenvalue weighted by atomic mass is 35.5. The standard InChI is InChI=1S/C34H43ClN6O3/c1-23-7-8-24(19-38-15-14-36-22-38)20-41(23)32(42)29-21-39(16-17-40(29)33(43)44-34(2,3)4)31-28-12-11-27(35)18-26(28)10-9-25-6-5-13-37-30(25)31/h5-6,11-15,18,22-24,29,31H,7-10,16-17,19-21H2,1-4H3/t23?,24?,29-,31+/m1/s1. The van der Waals surface area contributed by atoms with Crippen LogP contribution in [0.15, 0.2) is 55.2 Å². The fourth-order valence-electron chi connectivity index (χ4n) is 7.06. The zero-order chi connectivity index (χ0) is 31.0. The summed E-state index contributed by atoms with van der Waals surface area (Å²) in [6, 6.07) is 9.50. The van der Waals surface area contributed by atoms with Gasteiger partial charge in [0.1, 0.15) is 11.6 Å². The number of piperazine rings is 1. The molecule has 0 radical (unpaired) electrons. The van der Waals surface area contributed by atoms with Gasteiger partial charge < -0.3 is 14.2 Å². The second kappa shape index (κ2) is 12.5. The predicted molar refractivity (Wildman–Crippen MR) is 169 cm³/mol. The van der Waals surface area contributed by atoms with Crippen LogP contribution in [0.1, 0.15) is 69.0 Å². The summed E-state index contributed by atoms with van der Waals surface area (Å²) in [7, 11) is 0. The lowest BCUT2D eigenvalue weighted by Crippen LogP contribution is -2.63. The number of imidazole rings is 1. The van der Waals surface area contributed by atoms with Crippen LogP contribution in [0.25, 0.3) is 0 Å². The first-order valence-corrected chi connectivity index (χ1v) is 16.2. The minimum Gasteiger partial charge on any atom is -0.444 e. The Hall–Kier alpha value is -3.43. The molecule has 9 nitrogen and oxygen atoms in total. The Kier molecular flexibility index (Phi) is 8.70. The van der Waals surface area contributed by atoms with Crippen LogP contribution >= 0.6 is 11.6 Å². The quantitative estimate of drug-likeness (QED) is 0.391. The molecule has 0 saturated carbocycles. The molecule has 44 heavy (non-hydrogen) atoms. The van der Waals surface area contributed by atoms with E-state index in [4.69, 9.17) is 21.3 Å². The molecule has 1 aromatic carbocycles. The lowest BCUT2D eigenvalue weighted by Gasteiger charge is -2.47. The molecule has 2 saturated heterocycles. The molecular weight excluding hydrogens is 576 g/mol. The number of piperidine rings is 1. The molecule has 0 bridgehead atoms. The number of aryl methyl sites for hydroxylation is 2. The third-order valence-corrected chi connectivity index (χ3v) is 9.46. The number of hydrogen-bond donors (Lipinski definition) is 0. The first-order valence-electron chi connectivity index (χ1n) is 15.8. The molecule has 2 amide bonds. The minimum atomic E-state index is -0.681. The normalized spacial score (nSPS) is 24.3. The van der Waals surface area contributed by atoms with Gasteiger partial charge in [-0.05, 0) is 94.2 Å². The maximum Gasteiger partial charge on any atom is 0.411 e. The number of aromatic nitrogens is 3. The Morgan fingerprint density at radius 1 is 1.02 bits per heavy atom. The number of nitrogens with zero attached hydrogens (tertiary/aromatic N) is 6. The lowest BCUT2D eigenvalue weighted by molar-refractivity contribution is -0.144. The van der Waals surface area contributed by atoms with E-state index in [0.29, 0.717) is 37.1 Å². The molecule has 0 N–H and O–H groups in total. The van der Waals surface area contributed by atoms with Gasteiger partial charge in [-0.2, -0.15) is 0 Å². The topological polar surface area (TPSA) is 83.8 Å². The molecule has 3 aliphatic rings. The highest BCUT2D eigenvalue weighted by Crippen LogP contribution is 2.38. The van der Waals surface area contributed by atoms with Gasteiger partial charge in [-0.15, -0.1) is 0 Å². The number of amides is 2. The maximum absolute atomic E-state index is 14.6. The van der Waals surface area contributed by atoms with Crippen molar-refractivity contribution in [2.24, 2.45) is 5.92 Å². The highest BCUT2D eigenvalue weighted by molar-refractivity contribution is 6.30. The number of carbonyl (C=O) groups excluding carboxylic acids is 2. The Morgan fingerprint density at radius 3 is 2.61 bits per heavy atom. The van der Waals surface area contributed by atoms with Crippen LogP contribution < -0.4 is 0 Å². The molecule has 10 heteroatoms. The van der Waals surface area contributed by atoms with Crippen molar-refractivity contribution in [3.05, 3.63) is 82.7 Å². The van der Waals surface area contributed by atoms with E-state index in [1.165, 1.54) is 11.1 Å². The summed E-state index contributed by atoms with van der Waals surface area (Å²) in [5, 5.41) is 0.716. The van der Waals surface area contributed by atoms with E-state index in [9.17, 15) is 9.59 Å². The molecule has 1 aliphatic carbocycles. The predicted octanol–water partition coefficient (Wildman–Crippen LogP) is 5.37. The molecule has 234 valence electrons. The van der Waals surface area contributed by atoms with E-state index in [2.05, 4.69) is 39.6 Å². The summed E-state index contributed by atoms with van der Waals surface area (Å²) >= 11 is 6.46. The van der Waals surface area contributed by atoms with Gasteiger partial charge in [-0.3, -0.25) is 19.6 Å². The molecule has 2 aromatic heterocycles. The van der Waals surface area contributed by atoms with Gasteiger partial charge in [0, 0.05) is 62.4 Å². The number of benzene rings is 1. The molecule has 4 atom stereocenters. The zero-order valence-corrected chi connectivity index (χ0v) is 26.9. The van der Waals surface area contributed by atoms with Crippen LogP contribution in [-0.2, 0) is 28.9 Å². The largest absolute Gasteiger partial charge is 0.444 e. The molecule has 4 heterocycles. The summed E-state index contributed by atoms with van der Waals surface area (Å²) in [6.07, 6.45) is 10.7. The van der Waals surface area contributed by atoms with Crippen molar-refractivity contribution in [3.63, 3.8) is 0 Å². The minimum absolute atomic E-state index is 0.0189. The van der Waals surface area contributed by atoms with Crippen LogP contribution in [0, 0.1) is 5.92 Å². The van der Waals surface area contributed by atoms with Gasteiger partial charge >= 0.3 is 6.09 Å². The van der Waals surface area contributed by atoms with E-state index < -0.39 is 17.7 Å². The van der Waals surface area contributed by atoms with E-state index in [1.54, 1.807) is 11.1 Å². The Balaban J connectivity index is 1.33. The van der Waals surface area contributed by atoms with Crippen LogP contribution in [0.5, 0.6) is 0 Å². The van der Waals surface area contributed by atoms with E-state index in [1.807, 2.05) is 56.5 Å². The summed E-state index contributed by atoms with van der Waals surface area (Å²) in [6.45, 7) is 10.5. The van der Waals surface area contributed by atoms with Gasteiger partial charge in [0.05, 0.1) is 18.1 Å². The Bertz CT molecular complexity index is 1490. The third kappa shape index (κ3) is 6.49. The SMILES string of the molecule is CC1CCC(Cn2ccnc2)CN1C(=O)[C@H]1CN([C@H]2c3ccc(Cl)cc3CCc3cccnc32)CCN1C(=O)OC(C)(C)C. The van der Waals surface area contributed by atoms with Gasteiger partial charge in [-0.25, -0.2) is 9.78 Å². The smallest absolute Gasteiger partial charge is 0.411 e. The number of pyridine rings is 1. The molecule has 2 aliphatic heterocycles. The number of fused-ring (bicyclic) bond motifs is 2. The first kappa shape index (κ1) is 30.6. The average Bonchev–Trinajstić information content (AvgIpc) is 3.44. The summed E-state index contributed by atoms with van der Waals surface area (Å²) in [5.74, 6) is 0.295. The Labute approximate surface area is 265 Å². The zero-order valence-electron chi connectivity index (χ0n) is 26.2. The summed E-state index contributed by atoms with van der Waals surface area (Å²) in [4.78, 5) is 43.3. The average molecular weight is 619 g/mol. The van der Waals surface area contributed by atoms with Crippen molar-refractivity contribution in [1.29, 1.82) is 0 Å². The summed E-state index contributed by atoms with van der Waals surface area (Å²) in [5.41, 5.74) is 3.91. The molecule has 2 fully saturated rings. The van der Waals surface area contributed by atoms with Crippen LogP contribution in [-0.4, -0.2) is 85.1 Å². The lowest BCUT2D eigenvalue weighted by atomic mass is 9.91. The first-order chi connectivity index (χ1) is 21.1. The van der Waals surface area contributed by atoms with Crippen molar-refractivity contribution < 1.29 is 14.3 Å². The van der Waals surface area contributed by atoms with Crippen molar-refractivity contribution in [2.45, 2.75) is 83.6 Å². The van der Waals surface area contributed by atoms with Crippen molar-refractivity contribution in [3.8, 4) is 0 Å². The van der Waals surface area contributed by atoms with Gasteiger partial charge in [0.25, 0.3) is 0 Å². The van der Waals surface area contributed by atoms with Gasteiger partial charge in [0.2, 0.25) is 5.91 Å². The highest BCUT2D eigenvalue weighted by Gasteiger charge is 2.44. The maximum atomic E-state index is 14.6. The molecular formula is C34H43ClN6O3. The van der Waals surface area contributed by atoms with Gasteiger partial charge in [0.15, 0.2) is 0 Å². The van der Waals surface area contributed by atoms with Crippen molar-refractivity contribution >= 4 is 23.6 Å². The molecule has 0 spiro atoms. The van der Waals surface area contributed by atoms with E-state index in [0.717, 1.165) is 43.5 Å². The molecule has 6 rings (SSSR count). The number of hydrogen-bond acceptors (Lipinski definition) is 6. The summed E-state index contributed by atoms with van der Waals surface area (Å²) < 4.78 is 7.93. The van der Waals surface area contributed by atoms with Crippen molar-refractivity contribution in [2.75, 3.05) is 26.2 Å². The number of rotatable bonds is 4. The number of likely N-dealkylation sites (tertiary alicyclic amines) is 1. The van der Waals surface area contributed by atoms with E-state index in [-0.39, 0.29) is 18.0 Å². The molecule has 3 aromatic rings. The number of carbonyl (C=O) groups is 2. The fraction of sp³-hybridized carbons (Fsp3) is 0.529. The van der Waals surface area contributed by atoms with Crippen LogP contribution in [0.2, 0.25) is 5.02 Å².